The van der Waals surface area contributed by atoms with E-state index in [1.54, 1.807) is 6.08 Å². The van der Waals surface area contributed by atoms with Crippen LogP contribution in [-0.2, 0) is 4.79 Å². The lowest BCUT2D eigenvalue weighted by Crippen LogP contribution is -2.27. The molecule has 1 fully saturated rings. The van der Waals surface area contributed by atoms with Crippen LogP contribution in [-0.4, -0.2) is 28.8 Å². The molecule has 0 aromatic carbocycles. The Morgan fingerprint density at radius 1 is 1.33 bits per heavy atom. The Morgan fingerprint density at radius 2 is 1.94 bits per heavy atom. The highest BCUT2D eigenvalue weighted by atomic mass is 31.0. The Hall–Kier alpha value is -0.920. The number of carbonyl (C=O) groups is 1. The molecule has 1 heterocycles. The van der Waals surface area contributed by atoms with E-state index in [-0.39, 0.29) is 0 Å². The first kappa shape index (κ1) is 13.5. The van der Waals surface area contributed by atoms with Crippen molar-refractivity contribution in [3.63, 3.8) is 0 Å². The van der Waals surface area contributed by atoms with Gasteiger partial charge in [-0.15, -0.1) is 0 Å². The molecule has 0 radical (unpaired) electrons. The topological polar surface area (TPSA) is 40.5 Å². The van der Waals surface area contributed by atoms with E-state index in [0.29, 0.717) is 17.4 Å². The second-order valence-electron chi connectivity index (χ2n) is 5.06. The average Bonchev–Trinajstić information content (AvgIpc) is 2.52. The molecule has 4 heteroatoms. The van der Waals surface area contributed by atoms with Gasteiger partial charge >= 0.3 is 5.97 Å². The number of nitrogens with zero attached hydrogens (tertiary/aromatic N) is 1. The fraction of sp³-hybridized carbons (Fsp3) is 0.500. The molecule has 0 amide bonds. The van der Waals surface area contributed by atoms with Gasteiger partial charge in [-0.25, -0.2) is 4.79 Å². The van der Waals surface area contributed by atoms with Crippen molar-refractivity contribution in [1.29, 1.82) is 0 Å². The van der Waals surface area contributed by atoms with E-state index < -0.39 is 5.97 Å². The summed E-state index contributed by atoms with van der Waals surface area (Å²) in [6.07, 6.45) is 9.91. The first-order valence-corrected chi connectivity index (χ1v) is 6.93. The number of carboxylic acid groups (broad SMARTS) is 1. The van der Waals surface area contributed by atoms with E-state index in [1.807, 2.05) is 12.2 Å². The molecule has 18 heavy (non-hydrogen) atoms. The molecule has 1 aliphatic carbocycles. The zero-order valence-electron chi connectivity index (χ0n) is 10.7. The third-order valence-corrected chi connectivity index (χ3v) is 4.17. The largest absolute Gasteiger partial charge is 0.478 e. The van der Waals surface area contributed by atoms with Gasteiger partial charge in [0.1, 0.15) is 0 Å². The Bertz CT molecular complexity index is 418. The Kier molecular flexibility index (Phi) is 4.36. The maximum Gasteiger partial charge on any atom is 0.335 e. The fourth-order valence-corrected chi connectivity index (χ4v) is 2.81. The predicted molar refractivity (Wildman–Crippen MR) is 76.1 cm³/mol. The van der Waals surface area contributed by atoms with Crippen LogP contribution in [0.4, 0.5) is 0 Å². The summed E-state index contributed by atoms with van der Waals surface area (Å²) < 4.78 is 2.22. The summed E-state index contributed by atoms with van der Waals surface area (Å²) in [5.74, 6) is -0.133. The zero-order chi connectivity index (χ0) is 13.1. The Morgan fingerprint density at radius 3 is 2.56 bits per heavy atom. The Balaban J connectivity index is 2.28. The highest BCUT2D eigenvalue weighted by Crippen LogP contribution is 2.31. The summed E-state index contributed by atoms with van der Waals surface area (Å²) in [4.78, 5) is 11.4. The van der Waals surface area contributed by atoms with E-state index in [2.05, 4.69) is 27.1 Å². The highest BCUT2D eigenvalue weighted by Gasteiger charge is 2.24. The molecule has 2 aliphatic rings. The quantitative estimate of drug-likeness (QED) is 0.780. The summed E-state index contributed by atoms with van der Waals surface area (Å²) in [7, 11) is 2.72. The van der Waals surface area contributed by atoms with Gasteiger partial charge in [-0.05, 0) is 30.3 Å². The normalized spacial score (nSPS) is 26.4. The molecule has 0 saturated carbocycles. The zero-order valence-corrected chi connectivity index (χ0v) is 11.8. The summed E-state index contributed by atoms with van der Waals surface area (Å²) in [6.45, 7) is 4.10. The standard InChI is InChI=1S/C14H20NO2P/c1-10-2-4-12(13(5-3-10)14(16)17)11-6-8-15(18)9-7-11/h2-5,10-11H,6-9,18H2,1H3,(H,16,17). The molecule has 1 N–H and O–H groups in total. The number of allylic oxidation sites excluding steroid dienone is 4. The van der Waals surface area contributed by atoms with Crippen molar-refractivity contribution in [3.8, 4) is 0 Å². The highest BCUT2D eigenvalue weighted by molar-refractivity contribution is 7.13. The minimum Gasteiger partial charge on any atom is -0.478 e. The lowest BCUT2D eigenvalue weighted by atomic mass is 9.86. The van der Waals surface area contributed by atoms with Gasteiger partial charge in [0.15, 0.2) is 0 Å². The van der Waals surface area contributed by atoms with E-state index in [0.717, 1.165) is 31.5 Å². The fourth-order valence-electron chi connectivity index (χ4n) is 2.51. The third-order valence-electron chi connectivity index (χ3n) is 3.66. The monoisotopic (exact) mass is 265 g/mol. The van der Waals surface area contributed by atoms with E-state index in [4.69, 9.17) is 0 Å². The SMILES string of the molecule is CC1C=CC(C(=O)O)=C(C2CCN(P)CC2)C=C1. The molecule has 0 aromatic heterocycles. The van der Waals surface area contributed by atoms with Crippen LogP contribution in [0.25, 0.3) is 0 Å². The van der Waals surface area contributed by atoms with Crippen molar-refractivity contribution >= 4 is 15.4 Å². The van der Waals surface area contributed by atoms with Crippen LogP contribution < -0.4 is 0 Å². The van der Waals surface area contributed by atoms with Gasteiger partial charge in [0.05, 0.1) is 5.57 Å². The van der Waals surface area contributed by atoms with E-state index in [9.17, 15) is 9.90 Å². The number of rotatable bonds is 2. The second-order valence-corrected chi connectivity index (χ2v) is 5.79. The number of carboxylic acids is 1. The van der Waals surface area contributed by atoms with Crippen molar-refractivity contribution < 1.29 is 9.90 Å². The van der Waals surface area contributed by atoms with Crippen LogP contribution in [0.5, 0.6) is 0 Å². The van der Waals surface area contributed by atoms with Gasteiger partial charge in [-0.3, -0.25) is 4.67 Å². The number of hydrogen-bond acceptors (Lipinski definition) is 2. The molecular weight excluding hydrogens is 245 g/mol. The minimum atomic E-state index is -0.812. The van der Waals surface area contributed by atoms with Crippen LogP contribution in [0.15, 0.2) is 35.5 Å². The van der Waals surface area contributed by atoms with Gasteiger partial charge in [-0.2, -0.15) is 0 Å². The molecule has 1 saturated heterocycles. The lowest BCUT2D eigenvalue weighted by Gasteiger charge is -2.30. The van der Waals surface area contributed by atoms with Crippen molar-refractivity contribution in [1.82, 2.24) is 4.67 Å². The molecular formula is C14H20NO2P. The minimum absolute atomic E-state index is 0.304. The summed E-state index contributed by atoms with van der Waals surface area (Å²) in [5, 5.41) is 9.35. The lowest BCUT2D eigenvalue weighted by molar-refractivity contribution is -0.132. The maximum atomic E-state index is 11.4. The van der Waals surface area contributed by atoms with Crippen molar-refractivity contribution in [2.45, 2.75) is 19.8 Å². The number of piperidine rings is 1. The molecule has 2 rings (SSSR count). The summed E-state index contributed by atoms with van der Waals surface area (Å²) in [5.41, 5.74) is 1.47. The third kappa shape index (κ3) is 3.09. The molecule has 0 aromatic rings. The van der Waals surface area contributed by atoms with Crippen molar-refractivity contribution in [3.05, 3.63) is 35.5 Å². The van der Waals surface area contributed by atoms with Crippen LogP contribution in [0.3, 0.4) is 0 Å². The smallest absolute Gasteiger partial charge is 0.335 e. The molecule has 2 atom stereocenters. The average molecular weight is 265 g/mol. The van der Waals surface area contributed by atoms with Gasteiger partial charge in [0.2, 0.25) is 0 Å². The van der Waals surface area contributed by atoms with E-state index in [1.165, 1.54) is 0 Å². The van der Waals surface area contributed by atoms with Gasteiger partial charge in [-0.1, -0.05) is 40.6 Å². The number of aliphatic carboxylic acids is 1. The molecule has 98 valence electrons. The first-order valence-electron chi connectivity index (χ1n) is 6.41. The molecule has 3 nitrogen and oxygen atoms in total. The van der Waals surface area contributed by atoms with Crippen molar-refractivity contribution in [2.75, 3.05) is 13.1 Å². The molecule has 0 spiro atoms. The molecule has 2 unspecified atom stereocenters. The van der Waals surface area contributed by atoms with E-state index >= 15 is 0 Å². The summed E-state index contributed by atoms with van der Waals surface area (Å²) in [6, 6.07) is 0. The van der Waals surface area contributed by atoms with Crippen LogP contribution in [0.2, 0.25) is 0 Å². The summed E-state index contributed by atoms with van der Waals surface area (Å²) >= 11 is 0. The van der Waals surface area contributed by atoms with Gasteiger partial charge < -0.3 is 5.11 Å². The number of hydrogen-bond donors (Lipinski definition) is 1. The Labute approximate surface area is 111 Å². The first-order chi connectivity index (χ1) is 8.58. The predicted octanol–water partition coefficient (Wildman–Crippen LogP) is 2.63. The van der Waals surface area contributed by atoms with Crippen LogP contribution in [0.1, 0.15) is 19.8 Å². The van der Waals surface area contributed by atoms with Crippen molar-refractivity contribution in [2.24, 2.45) is 11.8 Å². The van der Waals surface area contributed by atoms with Crippen LogP contribution in [0, 0.1) is 11.8 Å². The maximum absolute atomic E-state index is 11.4. The molecule has 1 aliphatic heterocycles. The molecule has 0 bridgehead atoms. The second kappa shape index (κ2) is 5.81. The van der Waals surface area contributed by atoms with Gasteiger partial charge in [0.25, 0.3) is 0 Å². The van der Waals surface area contributed by atoms with Crippen LogP contribution >= 0.6 is 9.39 Å². The van der Waals surface area contributed by atoms with Gasteiger partial charge in [0, 0.05) is 13.1 Å².